The quantitative estimate of drug-likeness (QED) is 0.687. The van der Waals surface area contributed by atoms with Gasteiger partial charge in [-0.25, -0.2) is 9.50 Å². The van der Waals surface area contributed by atoms with E-state index in [2.05, 4.69) is 39.2 Å². The largest absolute Gasteiger partial charge is 0.378 e. The van der Waals surface area contributed by atoms with E-state index >= 15 is 0 Å². The van der Waals surface area contributed by atoms with Crippen LogP contribution in [0.25, 0.3) is 16.9 Å². The number of nitrogens with zero attached hydrogens (tertiary/aromatic N) is 4. The smallest absolute Gasteiger partial charge is 0.154 e. The SMILES string of the molecule is CN(C)c1ccc(-c2cn3ncccc3n2)cc1. The lowest BCUT2D eigenvalue weighted by atomic mass is 10.1. The molecule has 1 aromatic carbocycles. The summed E-state index contributed by atoms with van der Waals surface area (Å²) in [5.41, 5.74) is 4.09. The van der Waals surface area contributed by atoms with E-state index in [0.29, 0.717) is 0 Å². The van der Waals surface area contributed by atoms with E-state index in [0.717, 1.165) is 16.9 Å². The van der Waals surface area contributed by atoms with E-state index < -0.39 is 0 Å². The van der Waals surface area contributed by atoms with Crippen LogP contribution in [0.4, 0.5) is 5.69 Å². The van der Waals surface area contributed by atoms with E-state index in [-0.39, 0.29) is 0 Å². The molecule has 90 valence electrons. The van der Waals surface area contributed by atoms with Crippen molar-refractivity contribution in [2.45, 2.75) is 0 Å². The van der Waals surface area contributed by atoms with Gasteiger partial charge in [0.15, 0.2) is 5.65 Å². The molecule has 0 saturated carbocycles. The molecule has 18 heavy (non-hydrogen) atoms. The summed E-state index contributed by atoms with van der Waals surface area (Å²) < 4.78 is 1.79. The Labute approximate surface area is 106 Å². The summed E-state index contributed by atoms with van der Waals surface area (Å²) in [4.78, 5) is 6.62. The Morgan fingerprint density at radius 2 is 1.83 bits per heavy atom. The zero-order valence-electron chi connectivity index (χ0n) is 10.4. The molecule has 0 bridgehead atoms. The molecule has 4 nitrogen and oxygen atoms in total. The summed E-state index contributed by atoms with van der Waals surface area (Å²) in [6.07, 6.45) is 3.70. The van der Waals surface area contributed by atoms with Gasteiger partial charge in [-0.1, -0.05) is 12.1 Å². The third-order valence-corrected chi connectivity index (χ3v) is 2.92. The van der Waals surface area contributed by atoms with Gasteiger partial charge in [0.1, 0.15) is 0 Å². The molecule has 0 aliphatic carbocycles. The van der Waals surface area contributed by atoms with Gasteiger partial charge in [-0.05, 0) is 24.3 Å². The molecule has 0 N–H and O–H groups in total. The maximum Gasteiger partial charge on any atom is 0.154 e. The molecule has 0 aliphatic heterocycles. The third-order valence-electron chi connectivity index (χ3n) is 2.92. The zero-order valence-corrected chi connectivity index (χ0v) is 10.4. The number of rotatable bonds is 2. The molecular formula is C14H14N4. The molecule has 2 aromatic heterocycles. The Morgan fingerprint density at radius 1 is 1.06 bits per heavy atom. The lowest BCUT2D eigenvalue weighted by Gasteiger charge is -2.11. The average molecular weight is 238 g/mol. The fourth-order valence-corrected chi connectivity index (χ4v) is 1.90. The highest BCUT2D eigenvalue weighted by Crippen LogP contribution is 2.21. The van der Waals surface area contributed by atoms with Crippen molar-refractivity contribution < 1.29 is 0 Å². The summed E-state index contributed by atoms with van der Waals surface area (Å²) >= 11 is 0. The van der Waals surface area contributed by atoms with Crippen molar-refractivity contribution in [3.8, 4) is 11.3 Å². The van der Waals surface area contributed by atoms with Gasteiger partial charge >= 0.3 is 0 Å². The second-order valence-corrected chi connectivity index (χ2v) is 4.39. The van der Waals surface area contributed by atoms with Crippen molar-refractivity contribution in [2.24, 2.45) is 0 Å². The molecule has 4 heteroatoms. The van der Waals surface area contributed by atoms with E-state index in [1.807, 2.05) is 32.4 Å². The first-order valence-corrected chi connectivity index (χ1v) is 5.82. The molecule has 0 spiro atoms. The van der Waals surface area contributed by atoms with Crippen molar-refractivity contribution in [2.75, 3.05) is 19.0 Å². The fraction of sp³-hybridized carbons (Fsp3) is 0.143. The standard InChI is InChI=1S/C14H14N4/c1-17(2)12-7-5-11(6-8-12)13-10-18-14(16-13)4-3-9-15-18/h3-10H,1-2H3. The number of hydrogen-bond acceptors (Lipinski definition) is 3. The van der Waals surface area contributed by atoms with Gasteiger partial charge < -0.3 is 4.90 Å². The predicted octanol–water partition coefficient (Wildman–Crippen LogP) is 2.46. The van der Waals surface area contributed by atoms with Crippen molar-refractivity contribution in [3.05, 3.63) is 48.8 Å². The molecule has 3 aromatic rings. The molecule has 0 atom stereocenters. The molecule has 0 aliphatic rings. The van der Waals surface area contributed by atoms with Crippen molar-refractivity contribution in [3.63, 3.8) is 0 Å². The first-order chi connectivity index (χ1) is 8.74. The van der Waals surface area contributed by atoms with Gasteiger partial charge in [0, 0.05) is 31.5 Å². The minimum atomic E-state index is 0.865. The third kappa shape index (κ3) is 1.82. The van der Waals surface area contributed by atoms with Crippen LogP contribution >= 0.6 is 0 Å². The Balaban J connectivity index is 2.03. The van der Waals surface area contributed by atoms with Crippen LogP contribution in [-0.2, 0) is 0 Å². The van der Waals surface area contributed by atoms with Crippen LogP contribution < -0.4 is 4.90 Å². The summed E-state index contributed by atoms with van der Waals surface area (Å²) in [5, 5.41) is 4.22. The van der Waals surface area contributed by atoms with Gasteiger partial charge in [-0.3, -0.25) is 0 Å². The average Bonchev–Trinajstić information content (AvgIpc) is 2.82. The number of benzene rings is 1. The maximum absolute atomic E-state index is 4.54. The minimum Gasteiger partial charge on any atom is -0.378 e. The Hall–Kier alpha value is -2.36. The highest BCUT2D eigenvalue weighted by molar-refractivity contribution is 5.65. The molecule has 0 fully saturated rings. The highest BCUT2D eigenvalue weighted by atomic mass is 15.2. The van der Waals surface area contributed by atoms with Crippen LogP contribution in [0.15, 0.2) is 48.8 Å². The lowest BCUT2D eigenvalue weighted by molar-refractivity contribution is 0.936. The number of aromatic nitrogens is 3. The van der Waals surface area contributed by atoms with Crippen molar-refractivity contribution >= 4 is 11.3 Å². The number of hydrogen-bond donors (Lipinski definition) is 0. The van der Waals surface area contributed by atoms with Crippen LogP contribution in [0.1, 0.15) is 0 Å². The second-order valence-electron chi connectivity index (χ2n) is 4.39. The van der Waals surface area contributed by atoms with Crippen molar-refractivity contribution in [1.82, 2.24) is 14.6 Å². The van der Waals surface area contributed by atoms with Gasteiger partial charge in [0.2, 0.25) is 0 Å². The highest BCUT2D eigenvalue weighted by Gasteiger charge is 2.04. The summed E-state index contributed by atoms with van der Waals surface area (Å²) in [6.45, 7) is 0. The van der Waals surface area contributed by atoms with Gasteiger partial charge in [0.25, 0.3) is 0 Å². The topological polar surface area (TPSA) is 33.4 Å². The second kappa shape index (κ2) is 4.14. The van der Waals surface area contributed by atoms with Gasteiger partial charge in [-0.2, -0.15) is 5.10 Å². The van der Waals surface area contributed by atoms with Crippen LogP contribution in [0.3, 0.4) is 0 Å². The maximum atomic E-state index is 4.54. The number of anilines is 1. The number of imidazole rings is 1. The first-order valence-electron chi connectivity index (χ1n) is 5.82. The first kappa shape index (κ1) is 10.8. The molecule has 0 unspecified atom stereocenters. The van der Waals surface area contributed by atoms with E-state index in [4.69, 9.17) is 0 Å². The molecule has 2 heterocycles. The van der Waals surface area contributed by atoms with Crippen molar-refractivity contribution in [1.29, 1.82) is 0 Å². The van der Waals surface area contributed by atoms with Gasteiger partial charge in [0.05, 0.1) is 11.9 Å². The zero-order chi connectivity index (χ0) is 12.5. The van der Waals surface area contributed by atoms with Crippen LogP contribution in [-0.4, -0.2) is 28.7 Å². The molecule has 0 saturated heterocycles. The summed E-state index contributed by atoms with van der Waals surface area (Å²) in [5.74, 6) is 0. The number of fused-ring (bicyclic) bond motifs is 1. The predicted molar refractivity (Wildman–Crippen MR) is 72.8 cm³/mol. The van der Waals surface area contributed by atoms with Gasteiger partial charge in [-0.15, -0.1) is 0 Å². The summed E-state index contributed by atoms with van der Waals surface area (Å²) in [6, 6.07) is 12.2. The van der Waals surface area contributed by atoms with Crippen LogP contribution in [0.5, 0.6) is 0 Å². The van der Waals surface area contributed by atoms with Crippen LogP contribution in [0.2, 0.25) is 0 Å². The van der Waals surface area contributed by atoms with E-state index in [1.54, 1.807) is 10.7 Å². The molecular weight excluding hydrogens is 224 g/mol. The van der Waals surface area contributed by atoms with Crippen LogP contribution in [0, 0.1) is 0 Å². The Morgan fingerprint density at radius 3 is 2.50 bits per heavy atom. The Kier molecular flexibility index (Phi) is 2.48. The minimum absolute atomic E-state index is 0.865. The normalized spacial score (nSPS) is 10.8. The van der Waals surface area contributed by atoms with E-state index in [1.165, 1.54) is 5.69 Å². The molecule has 3 rings (SSSR count). The fourth-order valence-electron chi connectivity index (χ4n) is 1.90. The van der Waals surface area contributed by atoms with E-state index in [9.17, 15) is 0 Å². The monoisotopic (exact) mass is 238 g/mol. The Bertz CT molecular complexity index is 635. The molecule has 0 amide bonds. The summed E-state index contributed by atoms with van der Waals surface area (Å²) in [7, 11) is 4.06. The molecule has 0 radical (unpaired) electrons. The lowest BCUT2D eigenvalue weighted by Crippen LogP contribution is -2.07.